The number of rotatable bonds is 14. The Morgan fingerprint density at radius 2 is 0.811 bits per heavy atom. The number of ether oxygens (including phenoxy) is 2. The summed E-state index contributed by atoms with van der Waals surface area (Å²) >= 11 is 44.0. The molecule has 0 aromatic heterocycles. The first-order chi connectivity index (χ1) is 17.4. The van der Waals surface area contributed by atoms with Crippen molar-refractivity contribution in [1.29, 1.82) is 0 Å². The summed E-state index contributed by atoms with van der Waals surface area (Å²) in [5.41, 5.74) is 2.29. The highest BCUT2D eigenvalue weighted by molar-refractivity contribution is 9.15. The Kier molecular flexibility index (Phi) is 18.6. The Labute approximate surface area is 319 Å². The molecule has 0 aliphatic carbocycles. The first kappa shape index (κ1) is 37.0. The number of halogens is 12. The molecule has 0 spiro atoms. The van der Waals surface area contributed by atoms with E-state index in [0.29, 0.717) is 13.2 Å². The number of alkyl halides is 8. The van der Waals surface area contributed by atoms with Crippen LogP contribution in [0.1, 0.15) is 11.1 Å². The maximum absolute atomic E-state index is 6.14. The van der Waals surface area contributed by atoms with Crippen molar-refractivity contribution in [1.82, 2.24) is 0 Å². The van der Waals surface area contributed by atoms with Crippen molar-refractivity contribution in [2.45, 2.75) is 35.4 Å². The van der Waals surface area contributed by atoms with E-state index in [0.717, 1.165) is 57.6 Å². The second kappa shape index (κ2) is 18.6. The van der Waals surface area contributed by atoms with Gasteiger partial charge in [-0.3, -0.25) is 0 Å². The minimum absolute atomic E-state index is 0.133. The molecule has 0 N–H and O–H groups in total. The smallest absolute Gasteiger partial charge is 0.147 e. The van der Waals surface area contributed by atoms with Gasteiger partial charge in [0.05, 0.1) is 27.5 Å². The van der Waals surface area contributed by atoms with E-state index in [9.17, 15) is 0 Å². The Bertz CT molecular complexity index is 898. The second-order valence-corrected chi connectivity index (χ2v) is 19.4. The Hall–Kier alpha value is 3.80. The van der Waals surface area contributed by atoms with E-state index in [1.165, 1.54) is 0 Å². The summed E-state index contributed by atoms with van der Waals surface area (Å²) in [7, 11) is 0. The molecule has 6 unspecified atom stereocenters. The third kappa shape index (κ3) is 11.7. The maximum Gasteiger partial charge on any atom is 0.147 e. The van der Waals surface area contributed by atoms with Crippen LogP contribution in [0.2, 0.25) is 0 Å². The van der Waals surface area contributed by atoms with Crippen LogP contribution in [-0.4, -0.2) is 52.8 Å². The van der Waals surface area contributed by atoms with Gasteiger partial charge >= 0.3 is 0 Å². The Morgan fingerprint density at radius 3 is 1.08 bits per heavy atom. The molecule has 37 heavy (non-hydrogen) atoms. The SMILES string of the molecule is BrCC(Br)C(Br)C(Br)COc1c(Br)cc(Cc2cc(Br)c(OCC(Br)C(Br)C(Br)CBr)c(Br)c2)cc1Br. The van der Waals surface area contributed by atoms with E-state index in [2.05, 4.69) is 215 Å². The third-order valence-electron chi connectivity index (χ3n) is 4.98. The van der Waals surface area contributed by atoms with Crippen molar-refractivity contribution in [3.8, 4) is 11.5 Å². The van der Waals surface area contributed by atoms with Gasteiger partial charge in [-0.15, -0.1) is 0 Å². The van der Waals surface area contributed by atoms with E-state index >= 15 is 0 Å². The lowest BCUT2D eigenvalue weighted by Crippen LogP contribution is -2.30. The Balaban J connectivity index is 2.08. The van der Waals surface area contributed by atoms with Gasteiger partial charge in [0.1, 0.15) is 24.7 Å². The molecule has 14 heteroatoms. The Morgan fingerprint density at radius 1 is 0.514 bits per heavy atom. The average molecular weight is 1290 g/mol. The molecule has 0 aliphatic rings. The van der Waals surface area contributed by atoms with E-state index in [1.54, 1.807) is 0 Å². The van der Waals surface area contributed by atoms with Crippen molar-refractivity contribution in [2.24, 2.45) is 0 Å². The highest BCUT2D eigenvalue weighted by Crippen LogP contribution is 2.39. The van der Waals surface area contributed by atoms with Crippen LogP contribution in [-0.2, 0) is 6.42 Å². The summed E-state index contributed by atoms with van der Waals surface area (Å²) < 4.78 is 15.9. The largest absolute Gasteiger partial charge is 0.490 e. The zero-order chi connectivity index (χ0) is 27.9. The zero-order valence-corrected chi connectivity index (χ0v) is 37.7. The summed E-state index contributed by atoms with van der Waals surface area (Å²) in [5.74, 6) is 1.56. The molecule has 0 heterocycles. The molecule has 0 saturated carbocycles. The topological polar surface area (TPSA) is 18.5 Å². The maximum atomic E-state index is 6.14. The van der Waals surface area contributed by atoms with Crippen molar-refractivity contribution in [2.75, 3.05) is 23.9 Å². The van der Waals surface area contributed by atoms with Crippen LogP contribution in [0.4, 0.5) is 0 Å². The minimum Gasteiger partial charge on any atom is -0.490 e. The van der Waals surface area contributed by atoms with Gasteiger partial charge in [0.25, 0.3) is 0 Å². The van der Waals surface area contributed by atoms with Crippen LogP contribution < -0.4 is 9.47 Å². The quantitative estimate of drug-likeness (QED) is 0.176. The predicted octanol–water partition coefficient (Wildman–Crippen LogP) is 12.5. The second-order valence-electron chi connectivity index (χ2n) is 7.84. The molecule has 208 valence electrons. The first-order valence-electron chi connectivity index (χ1n) is 10.6. The molecule has 0 fully saturated rings. The molecule has 6 atom stereocenters. The molecular weight excluding hydrogens is 1270 g/mol. The molecule has 2 rings (SSSR count). The lowest BCUT2D eigenvalue weighted by Gasteiger charge is -2.22. The fraction of sp³-hybridized carbons (Fsp3) is 0.478. The molecule has 0 saturated heterocycles. The van der Waals surface area contributed by atoms with Gasteiger partial charge in [0.15, 0.2) is 0 Å². The van der Waals surface area contributed by atoms with Crippen LogP contribution in [0.3, 0.4) is 0 Å². The van der Waals surface area contributed by atoms with Crippen LogP contribution in [0.5, 0.6) is 11.5 Å². The highest BCUT2D eigenvalue weighted by atomic mass is 79.9. The van der Waals surface area contributed by atoms with Crippen molar-refractivity contribution in [3.63, 3.8) is 0 Å². The third-order valence-corrected chi connectivity index (χ3v) is 19.3. The van der Waals surface area contributed by atoms with Crippen LogP contribution in [0, 0.1) is 0 Å². The fourth-order valence-corrected chi connectivity index (χ4v) is 11.1. The molecule has 0 bridgehead atoms. The van der Waals surface area contributed by atoms with Gasteiger partial charge in [0.2, 0.25) is 0 Å². The van der Waals surface area contributed by atoms with E-state index in [-0.39, 0.29) is 29.0 Å². The van der Waals surface area contributed by atoms with Crippen molar-refractivity contribution >= 4 is 191 Å². The van der Waals surface area contributed by atoms with Crippen molar-refractivity contribution in [3.05, 3.63) is 53.3 Å². The number of benzene rings is 2. The summed E-state index contributed by atoms with van der Waals surface area (Å²) in [6, 6.07) is 8.39. The number of hydrogen-bond acceptors (Lipinski definition) is 2. The van der Waals surface area contributed by atoms with Gasteiger partial charge in [-0.1, -0.05) is 127 Å². The first-order valence-corrected chi connectivity index (χ1v) is 21.5. The molecule has 0 aliphatic heterocycles. The van der Waals surface area contributed by atoms with Gasteiger partial charge in [-0.25, -0.2) is 0 Å². The normalized spacial score (nSPS) is 16.5. The van der Waals surface area contributed by atoms with Gasteiger partial charge in [-0.2, -0.15) is 0 Å². The van der Waals surface area contributed by atoms with E-state index in [1.807, 2.05) is 0 Å². The highest BCUT2D eigenvalue weighted by Gasteiger charge is 2.25. The summed E-state index contributed by atoms with van der Waals surface area (Å²) in [5, 5.41) is 1.69. The molecule has 2 aromatic rings. The summed E-state index contributed by atoms with van der Waals surface area (Å²) in [6.07, 6.45) is 0.747. The molecule has 0 amide bonds. The van der Waals surface area contributed by atoms with Gasteiger partial charge in [0, 0.05) is 30.0 Å². The van der Waals surface area contributed by atoms with Crippen molar-refractivity contribution < 1.29 is 9.47 Å². The number of hydrogen-bond donors (Lipinski definition) is 0. The monoisotopic (exact) mass is 1280 g/mol. The van der Waals surface area contributed by atoms with Gasteiger partial charge in [-0.05, 0) is 106 Å². The molecular formula is C23H20Br12O2. The van der Waals surface area contributed by atoms with Crippen LogP contribution >= 0.6 is 191 Å². The molecule has 2 aromatic carbocycles. The van der Waals surface area contributed by atoms with Gasteiger partial charge < -0.3 is 9.47 Å². The lowest BCUT2D eigenvalue weighted by atomic mass is 10.0. The van der Waals surface area contributed by atoms with E-state index in [4.69, 9.17) is 9.47 Å². The fourth-order valence-electron chi connectivity index (χ4n) is 3.07. The van der Waals surface area contributed by atoms with Crippen LogP contribution in [0.25, 0.3) is 0 Å². The summed E-state index contributed by atoms with van der Waals surface area (Å²) in [4.78, 5) is 1.26. The molecule has 0 radical (unpaired) electrons. The van der Waals surface area contributed by atoms with Crippen LogP contribution in [0.15, 0.2) is 42.2 Å². The zero-order valence-electron chi connectivity index (χ0n) is 18.7. The lowest BCUT2D eigenvalue weighted by molar-refractivity contribution is 0.313. The van der Waals surface area contributed by atoms with E-state index < -0.39 is 0 Å². The minimum atomic E-state index is 0.133. The standard InChI is InChI=1S/C23H20Br12O2/c24-6-16(30)20(34)18(32)8-36-22-12(26)2-10(3-13(22)27)1-11-4-14(28)23(15(29)5-11)37-9-19(33)21(35)17(31)7-25/h2-5,16-21H,1,6-9H2. The average Bonchev–Trinajstić information content (AvgIpc) is 2.85. The molecule has 2 nitrogen and oxygen atoms in total. The summed E-state index contributed by atoms with van der Waals surface area (Å²) in [6.45, 7) is 1.03. The predicted molar refractivity (Wildman–Crippen MR) is 201 cm³/mol.